The molecular formula is C16H15BrN2O2. The van der Waals surface area contributed by atoms with Gasteiger partial charge in [-0.15, -0.1) is 0 Å². The number of fused-ring (bicyclic) bond motifs is 1. The van der Waals surface area contributed by atoms with Gasteiger partial charge in [0.1, 0.15) is 11.8 Å². The van der Waals surface area contributed by atoms with Gasteiger partial charge in [-0.3, -0.25) is 4.79 Å². The summed E-state index contributed by atoms with van der Waals surface area (Å²) in [7, 11) is 1.62. The van der Waals surface area contributed by atoms with Crippen molar-refractivity contribution in [1.29, 1.82) is 0 Å². The Bertz CT molecular complexity index is 715. The monoisotopic (exact) mass is 346 g/mol. The standard InChI is InChI=1S/C16H15BrN2O2/c1-9-3-6-14(21-2)13(7-9)18-15-11-5-4-10(17)8-12(11)19-16(15)20/h3-8,15,18H,1-2H3,(H,19,20). The number of rotatable bonds is 3. The molecule has 0 saturated carbocycles. The molecular weight excluding hydrogens is 332 g/mol. The summed E-state index contributed by atoms with van der Waals surface area (Å²) >= 11 is 3.41. The maximum Gasteiger partial charge on any atom is 0.251 e. The van der Waals surface area contributed by atoms with E-state index in [0.29, 0.717) is 0 Å². The van der Waals surface area contributed by atoms with Crippen LogP contribution in [0.25, 0.3) is 0 Å². The van der Waals surface area contributed by atoms with Crippen molar-refractivity contribution < 1.29 is 9.53 Å². The number of hydrogen-bond acceptors (Lipinski definition) is 3. The first kappa shape index (κ1) is 13.9. The van der Waals surface area contributed by atoms with Crippen LogP contribution < -0.4 is 15.4 Å². The van der Waals surface area contributed by atoms with Crippen LogP contribution in [-0.2, 0) is 4.79 Å². The molecule has 1 heterocycles. The average molecular weight is 347 g/mol. The van der Waals surface area contributed by atoms with E-state index >= 15 is 0 Å². The number of carbonyl (C=O) groups is 1. The van der Waals surface area contributed by atoms with E-state index in [0.717, 1.165) is 32.7 Å². The van der Waals surface area contributed by atoms with Crippen LogP contribution in [0.4, 0.5) is 11.4 Å². The molecule has 1 amide bonds. The number of ether oxygens (including phenoxy) is 1. The molecule has 0 radical (unpaired) electrons. The van der Waals surface area contributed by atoms with E-state index in [2.05, 4.69) is 26.6 Å². The number of carbonyl (C=O) groups excluding carboxylic acids is 1. The fraction of sp³-hybridized carbons (Fsp3) is 0.188. The summed E-state index contributed by atoms with van der Waals surface area (Å²) < 4.78 is 6.29. The van der Waals surface area contributed by atoms with Crippen molar-refractivity contribution in [1.82, 2.24) is 0 Å². The smallest absolute Gasteiger partial charge is 0.251 e. The average Bonchev–Trinajstić information content (AvgIpc) is 2.74. The quantitative estimate of drug-likeness (QED) is 0.886. The minimum atomic E-state index is -0.413. The predicted molar refractivity (Wildman–Crippen MR) is 86.9 cm³/mol. The van der Waals surface area contributed by atoms with Crippen molar-refractivity contribution in [2.45, 2.75) is 13.0 Å². The first-order valence-corrected chi connectivity index (χ1v) is 7.39. The first-order valence-electron chi connectivity index (χ1n) is 6.60. The van der Waals surface area contributed by atoms with Gasteiger partial charge in [-0.2, -0.15) is 0 Å². The molecule has 0 bridgehead atoms. The lowest BCUT2D eigenvalue weighted by molar-refractivity contribution is -0.116. The van der Waals surface area contributed by atoms with Crippen LogP contribution in [0.1, 0.15) is 17.2 Å². The molecule has 2 aromatic rings. The maximum absolute atomic E-state index is 12.2. The Balaban J connectivity index is 1.96. The summed E-state index contributed by atoms with van der Waals surface area (Å²) in [5, 5.41) is 6.16. The summed E-state index contributed by atoms with van der Waals surface area (Å²) in [5.41, 5.74) is 3.69. The van der Waals surface area contributed by atoms with Crippen molar-refractivity contribution >= 4 is 33.2 Å². The van der Waals surface area contributed by atoms with Crippen LogP contribution in [0.3, 0.4) is 0 Å². The Morgan fingerprint density at radius 2 is 2.05 bits per heavy atom. The number of anilines is 2. The summed E-state index contributed by atoms with van der Waals surface area (Å²) in [4.78, 5) is 12.2. The van der Waals surface area contributed by atoms with Gasteiger partial charge in [0.15, 0.2) is 0 Å². The van der Waals surface area contributed by atoms with Crippen LogP contribution in [0.5, 0.6) is 5.75 Å². The topological polar surface area (TPSA) is 50.4 Å². The van der Waals surface area contributed by atoms with Gasteiger partial charge in [0.25, 0.3) is 5.91 Å². The first-order chi connectivity index (χ1) is 10.1. The number of nitrogens with one attached hydrogen (secondary N) is 2. The van der Waals surface area contributed by atoms with Gasteiger partial charge >= 0.3 is 0 Å². The molecule has 4 nitrogen and oxygen atoms in total. The zero-order valence-electron chi connectivity index (χ0n) is 11.7. The van der Waals surface area contributed by atoms with Crippen LogP contribution in [-0.4, -0.2) is 13.0 Å². The van der Waals surface area contributed by atoms with E-state index in [9.17, 15) is 4.79 Å². The van der Waals surface area contributed by atoms with Crippen LogP contribution in [0.15, 0.2) is 40.9 Å². The Morgan fingerprint density at radius 1 is 1.24 bits per heavy atom. The lowest BCUT2D eigenvalue weighted by Gasteiger charge is -2.16. The second kappa shape index (κ2) is 5.41. The number of amides is 1. The molecule has 2 N–H and O–H groups in total. The number of aryl methyl sites for hydroxylation is 1. The Hall–Kier alpha value is -2.01. The molecule has 0 spiro atoms. The van der Waals surface area contributed by atoms with E-state index < -0.39 is 6.04 Å². The molecule has 0 aromatic heterocycles. The van der Waals surface area contributed by atoms with Crippen molar-refractivity contribution in [2.75, 3.05) is 17.7 Å². The number of halogens is 1. The normalized spacial score (nSPS) is 16.3. The zero-order valence-corrected chi connectivity index (χ0v) is 13.3. The van der Waals surface area contributed by atoms with Crippen molar-refractivity contribution in [3.8, 4) is 5.75 Å². The van der Waals surface area contributed by atoms with Crippen LogP contribution >= 0.6 is 15.9 Å². The largest absolute Gasteiger partial charge is 0.495 e. The second-order valence-electron chi connectivity index (χ2n) is 5.00. The van der Waals surface area contributed by atoms with Gasteiger partial charge in [0.05, 0.1) is 12.8 Å². The minimum Gasteiger partial charge on any atom is -0.495 e. The minimum absolute atomic E-state index is 0.0633. The third-order valence-corrected chi connectivity index (χ3v) is 3.99. The van der Waals surface area contributed by atoms with E-state index in [1.807, 2.05) is 43.3 Å². The molecule has 0 aliphatic carbocycles. The molecule has 1 aliphatic heterocycles. The lowest BCUT2D eigenvalue weighted by Crippen LogP contribution is -2.20. The van der Waals surface area contributed by atoms with Crippen LogP contribution in [0.2, 0.25) is 0 Å². The fourth-order valence-electron chi connectivity index (χ4n) is 2.47. The van der Waals surface area contributed by atoms with E-state index in [4.69, 9.17) is 4.74 Å². The molecule has 0 saturated heterocycles. The van der Waals surface area contributed by atoms with Gasteiger partial charge < -0.3 is 15.4 Å². The van der Waals surface area contributed by atoms with Gasteiger partial charge in [0.2, 0.25) is 0 Å². The third kappa shape index (κ3) is 2.61. The highest BCUT2D eigenvalue weighted by Crippen LogP contribution is 2.37. The predicted octanol–water partition coefficient (Wildman–Crippen LogP) is 3.87. The van der Waals surface area contributed by atoms with E-state index in [-0.39, 0.29) is 5.91 Å². The molecule has 1 atom stereocenters. The second-order valence-corrected chi connectivity index (χ2v) is 5.92. The number of methoxy groups -OCH3 is 1. The Morgan fingerprint density at radius 3 is 2.81 bits per heavy atom. The van der Waals surface area contributed by atoms with Gasteiger partial charge in [-0.25, -0.2) is 0 Å². The highest BCUT2D eigenvalue weighted by molar-refractivity contribution is 9.10. The highest BCUT2D eigenvalue weighted by atomic mass is 79.9. The molecule has 2 aromatic carbocycles. The Kier molecular flexibility index (Phi) is 3.59. The van der Waals surface area contributed by atoms with E-state index in [1.165, 1.54) is 0 Å². The SMILES string of the molecule is COc1ccc(C)cc1NC1C(=O)Nc2cc(Br)ccc21. The van der Waals surface area contributed by atoms with Crippen LogP contribution in [0, 0.1) is 6.92 Å². The van der Waals surface area contributed by atoms with Crippen molar-refractivity contribution in [3.05, 3.63) is 52.0 Å². The summed E-state index contributed by atoms with van der Waals surface area (Å²) in [6, 6.07) is 11.2. The molecule has 1 aliphatic rings. The molecule has 3 rings (SSSR count). The summed E-state index contributed by atoms with van der Waals surface area (Å²) in [6.07, 6.45) is 0. The Labute approximate surface area is 131 Å². The lowest BCUT2D eigenvalue weighted by atomic mass is 10.1. The number of benzene rings is 2. The van der Waals surface area contributed by atoms with Gasteiger partial charge in [-0.05, 0) is 36.8 Å². The third-order valence-electron chi connectivity index (χ3n) is 3.50. The fourth-order valence-corrected chi connectivity index (χ4v) is 2.83. The summed E-state index contributed by atoms with van der Waals surface area (Å²) in [5.74, 6) is 0.658. The van der Waals surface area contributed by atoms with Crippen molar-refractivity contribution in [2.24, 2.45) is 0 Å². The summed E-state index contributed by atoms with van der Waals surface area (Å²) in [6.45, 7) is 2.00. The molecule has 21 heavy (non-hydrogen) atoms. The molecule has 0 fully saturated rings. The van der Waals surface area contributed by atoms with E-state index in [1.54, 1.807) is 7.11 Å². The zero-order chi connectivity index (χ0) is 15.0. The molecule has 108 valence electrons. The molecule has 5 heteroatoms. The van der Waals surface area contributed by atoms with Gasteiger partial charge in [0, 0.05) is 15.7 Å². The highest BCUT2D eigenvalue weighted by Gasteiger charge is 2.31. The molecule has 1 unspecified atom stereocenters. The van der Waals surface area contributed by atoms with Crippen molar-refractivity contribution in [3.63, 3.8) is 0 Å². The maximum atomic E-state index is 12.2. The number of hydrogen-bond donors (Lipinski definition) is 2. The van der Waals surface area contributed by atoms with Gasteiger partial charge in [-0.1, -0.05) is 28.1 Å².